The number of rotatable bonds is 4. The summed E-state index contributed by atoms with van der Waals surface area (Å²) >= 11 is 0. The first-order chi connectivity index (χ1) is 10.9. The molecule has 1 aliphatic heterocycles. The molecule has 1 N–H and O–H groups in total. The molecule has 8 heteroatoms. The second kappa shape index (κ2) is 6.09. The van der Waals surface area contributed by atoms with Crippen LogP contribution in [-0.4, -0.2) is 48.0 Å². The Hall–Kier alpha value is -1.67. The van der Waals surface area contributed by atoms with Gasteiger partial charge in [-0.25, -0.2) is 8.42 Å². The van der Waals surface area contributed by atoms with E-state index in [1.165, 1.54) is 29.9 Å². The minimum Gasteiger partial charge on any atom is -0.495 e. The lowest BCUT2D eigenvalue weighted by Gasteiger charge is -2.32. The van der Waals surface area contributed by atoms with E-state index in [2.05, 4.69) is 4.98 Å². The number of ether oxygens (including phenoxy) is 1. The minimum absolute atomic E-state index is 0.0191. The van der Waals surface area contributed by atoms with Crippen LogP contribution in [0.15, 0.2) is 23.4 Å². The second-order valence-corrected chi connectivity index (χ2v) is 7.94. The molecule has 0 spiro atoms. The Morgan fingerprint density at radius 1 is 1.35 bits per heavy atom. The highest BCUT2D eigenvalue weighted by Gasteiger charge is 2.51. The van der Waals surface area contributed by atoms with Crippen LogP contribution in [0.1, 0.15) is 32.1 Å². The van der Waals surface area contributed by atoms with Crippen LogP contribution >= 0.6 is 0 Å². The van der Waals surface area contributed by atoms with Crippen LogP contribution < -0.4 is 4.74 Å². The van der Waals surface area contributed by atoms with Gasteiger partial charge in [0.1, 0.15) is 16.7 Å². The fourth-order valence-corrected chi connectivity index (χ4v) is 5.60. The molecule has 23 heavy (non-hydrogen) atoms. The van der Waals surface area contributed by atoms with Gasteiger partial charge in [-0.2, -0.15) is 4.31 Å². The quantitative estimate of drug-likeness (QED) is 0.892. The summed E-state index contributed by atoms with van der Waals surface area (Å²) in [4.78, 5) is 15.5. The molecule has 1 aliphatic carbocycles. The van der Waals surface area contributed by atoms with Gasteiger partial charge in [0.2, 0.25) is 10.0 Å². The molecule has 3 rings (SSSR count). The van der Waals surface area contributed by atoms with E-state index in [1.54, 1.807) is 0 Å². The third-order valence-electron chi connectivity index (χ3n) is 4.81. The summed E-state index contributed by atoms with van der Waals surface area (Å²) in [5, 5.41) is 9.50. The molecular formula is C15H20N2O5S. The largest absolute Gasteiger partial charge is 0.495 e. The number of sulfonamides is 1. The number of carbonyl (C=O) groups is 1. The van der Waals surface area contributed by atoms with Crippen LogP contribution in [0.4, 0.5) is 0 Å². The van der Waals surface area contributed by atoms with Crippen LogP contribution in [-0.2, 0) is 14.8 Å². The molecule has 3 unspecified atom stereocenters. The third-order valence-corrected chi connectivity index (χ3v) is 6.71. The molecule has 126 valence electrons. The molecule has 1 aromatic rings. The SMILES string of the molecule is COc1cncc(S(=O)(=O)N2C(C(=O)O)CC3CCCCC32)c1. The lowest BCUT2D eigenvalue weighted by Crippen LogP contribution is -2.46. The van der Waals surface area contributed by atoms with Crippen LogP contribution in [0, 0.1) is 5.92 Å². The van der Waals surface area contributed by atoms with E-state index >= 15 is 0 Å². The monoisotopic (exact) mass is 340 g/mol. The Labute approximate surface area is 135 Å². The van der Waals surface area contributed by atoms with E-state index in [0.717, 1.165) is 19.3 Å². The zero-order valence-corrected chi connectivity index (χ0v) is 13.7. The zero-order chi connectivity index (χ0) is 16.6. The third kappa shape index (κ3) is 2.81. The van der Waals surface area contributed by atoms with Gasteiger partial charge < -0.3 is 9.84 Å². The van der Waals surface area contributed by atoms with Crippen molar-refractivity contribution in [1.82, 2.24) is 9.29 Å². The summed E-state index contributed by atoms with van der Waals surface area (Å²) in [5.41, 5.74) is 0. The molecule has 1 saturated carbocycles. The Morgan fingerprint density at radius 3 is 2.78 bits per heavy atom. The first-order valence-corrected chi connectivity index (χ1v) is 9.14. The van der Waals surface area contributed by atoms with Gasteiger partial charge in [0.15, 0.2) is 0 Å². The van der Waals surface area contributed by atoms with Crippen molar-refractivity contribution in [2.24, 2.45) is 5.92 Å². The average molecular weight is 340 g/mol. The molecule has 3 atom stereocenters. The van der Waals surface area contributed by atoms with Gasteiger partial charge >= 0.3 is 5.97 Å². The number of methoxy groups -OCH3 is 1. The number of aliphatic carboxylic acids is 1. The molecule has 0 aromatic carbocycles. The van der Waals surface area contributed by atoms with E-state index in [4.69, 9.17) is 4.74 Å². The topological polar surface area (TPSA) is 96.8 Å². The molecule has 1 saturated heterocycles. The predicted octanol–water partition coefficient (Wildman–Crippen LogP) is 1.50. The summed E-state index contributed by atoms with van der Waals surface area (Å²) in [6.45, 7) is 0. The van der Waals surface area contributed by atoms with Crippen molar-refractivity contribution in [2.45, 2.75) is 49.1 Å². The molecular weight excluding hydrogens is 320 g/mol. The standard InChI is InChI=1S/C15H20N2O5S/c1-22-11-7-12(9-16-8-11)23(20,21)17-13-5-3-2-4-10(13)6-14(17)15(18)19/h7-10,13-14H,2-6H2,1H3,(H,18,19). The molecule has 2 fully saturated rings. The molecule has 0 amide bonds. The van der Waals surface area contributed by atoms with Gasteiger partial charge in [0.05, 0.1) is 13.3 Å². The highest BCUT2D eigenvalue weighted by Crippen LogP contribution is 2.42. The number of fused-ring (bicyclic) bond motifs is 1. The van der Waals surface area contributed by atoms with E-state index in [-0.39, 0.29) is 16.9 Å². The van der Waals surface area contributed by atoms with Gasteiger partial charge in [-0.1, -0.05) is 12.8 Å². The summed E-state index contributed by atoms with van der Waals surface area (Å²) in [6, 6.07) is 0.151. The second-order valence-electron chi connectivity index (χ2n) is 6.10. The first-order valence-electron chi connectivity index (χ1n) is 7.70. The predicted molar refractivity (Wildman–Crippen MR) is 81.6 cm³/mol. The summed E-state index contributed by atoms with van der Waals surface area (Å²) in [7, 11) is -2.49. The smallest absolute Gasteiger partial charge is 0.322 e. The number of aromatic nitrogens is 1. The van der Waals surface area contributed by atoms with Crippen molar-refractivity contribution in [1.29, 1.82) is 0 Å². The number of hydrogen-bond donors (Lipinski definition) is 1. The van der Waals surface area contributed by atoms with Gasteiger partial charge in [0, 0.05) is 18.3 Å². The fourth-order valence-electron chi connectivity index (χ4n) is 3.75. The lowest BCUT2D eigenvalue weighted by molar-refractivity contribution is -0.141. The fraction of sp³-hybridized carbons (Fsp3) is 0.600. The number of carboxylic acids is 1. The van der Waals surface area contributed by atoms with Gasteiger partial charge in [-0.3, -0.25) is 9.78 Å². The number of pyridine rings is 1. The maximum atomic E-state index is 13.0. The number of nitrogens with zero attached hydrogens (tertiary/aromatic N) is 2. The Balaban J connectivity index is 2.02. The maximum Gasteiger partial charge on any atom is 0.322 e. The highest BCUT2D eigenvalue weighted by atomic mass is 32.2. The molecule has 0 radical (unpaired) electrons. The van der Waals surface area contributed by atoms with Gasteiger partial charge in [-0.15, -0.1) is 0 Å². The van der Waals surface area contributed by atoms with Crippen molar-refractivity contribution in [3.63, 3.8) is 0 Å². The van der Waals surface area contributed by atoms with E-state index in [0.29, 0.717) is 18.6 Å². The van der Waals surface area contributed by atoms with Crippen LogP contribution in [0.2, 0.25) is 0 Å². The summed E-state index contributed by atoms with van der Waals surface area (Å²) < 4.78 is 32.3. The summed E-state index contributed by atoms with van der Waals surface area (Å²) in [5.74, 6) is -0.630. The molecule has 2 aliphatic rings. The van der Waals surface area contributed by atoms with Crippen molar-refractivity contribution in [3.05, 3.63) is 18.5 Å². The highest BCUT2D eigenvalue weighted by molar-refractivity contribution is 7.89. The van der Waals surface area contributed by atoms with Gasteiger partial charge in [0.25, 0.3) is 0 Å². The molecule has 1 aromatic heterocycles. The van der Waals surface area contributed by atoms with E-state index < -0.39 is 22.0 Å². The first kappa shape index (κ1) is 16.2. The van der Waals surface area contributed by atoms with Gasteiger partial charge in [-0.05, 0) is 25.2 Å². The maximum absolute atomic E-state index is 13.0. The molecule has 0 bridgehead atoms. The number of carboxylic acid groups (broad SMARTS) is 1. The zero-order valence-electron chi connectivity index (χ0n) is 12.9. The van der Waals surface area contributed by atoms with Crippen LogP contribution in [0.5, 0.6) is 5.75 Å². The molecule has 7 nitrogen and oxygen atoms in total. The molecule has 2 heterocycles. The number of hydrogen-bond acceptors (Lipinski definition) is 5. The minimum atomic E-state index is -3.93. The van der Waals surface area contributed by atoms with E-state index in [1.807, 2.05) is 0 Å². The Kier molecular flexibility index (Phi) is 4.29. The normalized spacial score (nSPS) is 28.3. The Morgan fingerprint density at radius 2 is 2.09 bits per heavy atom. The van der Waals surface area contributed by atoms with Crippen molar-refractivity contribution in [3.8, 4) is 5.75 Å². The van der Waals surface area contributed by atoms with Crippen molar-refractivity contribution in [2.75, 3.05) is 7.11 Å². The van der Waals surface area contributed by atoms with E-state index in [9.17, 15) is 18.3 Å². The average Bonchev–Trinajstić information content (AvgIpc) is 2.95. The summed E-state index contributed by atoms with van der Waals surface area (Å²) in [6.07, 6.45) is 6.60. The lowest BCUT2D eigenvalue weighted by atomic mass is 9.85. The van der Waals surface area contributed by atoms with Crippen molar-refractivity contribution >= 4 is 16.0 Å². The Bertz CT molecular complexity index is 706. The van der Waals surface area contributed by atoms with Crippen LogP contribution in [0.3, 0.4) is 0 Å². The van der Waals surface area contributed by atoms with Crippen molar-refractivity contribution < 1.29 is 23.1 Å². The van der Waals surface area contributed by atoms with Crippen LogP contribution in [0.25, 0.3) is 0 Å².